The van der Waals surface area contributed by atoms with Gasteiger partial charge in [-0.05, 0) is 12.8 Å². The molecule has 0 unspecified atom stereocenters. The lowest BCUT2D eigenvalue weighted by atomic mass is 10.2. The molecule has 0 radical (unpaired) electrons. The van der Waals surface area contributed by atoms with Crippen LogP contribution in [0.5, 0.6) is 0 Å². The Morgan fingerprint density at radius 1 is 0.643 bits per heavy atom. The SMILES string of the molecule is CC.O=C(O)CN(CCN(CCN(CC(=O)O)CC(=O)O)CC(=O)NCCCCCCN1C(=O)C=CC1=O)CC(=O)O.[HH]. The first-order chi connectivity index (χ1) is 19.9. The molecule has 16 nitrogen and oxygen atoms in total. The van der Waals surface area contributed by atoms with Crippen molar-refractivity contribution in [2.75, 3.05) is 72.0 Å². The van der Waals surface area contributed by atoms with Gasteiger partial charge in [-0.15, -0.1) is 0 Å². The monoisotopic (exact) mass is 603 g/mol. The molecule has 0 fully saturated rings. The molecule has 16 heteroatoms. The van der Waals surface area contributed by atoms with Crippen molar-refractivity contribution in [1.29, 1.82) is 0 Å². The summed E-state index contributed by atoms with van der Waals surface area (Å²) < 4.78 is 0. The summed E-state index contributed by atoms with van der Waals surface area (Å²) in [4.78, 5) is 85.0. The molecule has 240 valence electrons. The molecular weight excluding hydrogens is 558 g/mol. The standard InChI is InChI=1S/C24H37N5O11.C2H6.H2/c30-18(25-7-3-1-2-4-8-29-19(31)5-6-20(29)32)13-26(9-11-27(14-21(33)34)15-22(35)36)10-12-28(16-23(37)38)17-24(39)40;1-2;/h5-6H,1-4,7-17H2,(H,25,30)(H,33,34)(H,35,36)(H,37,38)(H,39,40);1-2H3;1H. The van der Waals surface area contributed by atoms with Crippen LogP contribution < -0.4 is 5.32 Å². The Morgan fingerprint density at radius 2 is 1.02 bits per heavy atom. The second kappa shape index (κ2) is 21.8. The lowest BCUT2D eigenvalue weighted by molar-refractivity contribution is -0.143. The van der Waals surface area contributed by atoms with Crippen LogP contribution in [0.2, 0.25) is 0 Å². The molecule has 0 bridgehead atoms. The second-order valence-electron chi connectivity index (χ2n) is 9.20. The topological polar surface area (TPSA) is 225 Å². The minimum Gasteiger partial charge on any atom is -0.480 e. The Bertz CT molecular complexity index is 874. The van der Waals surface area contributed by atoms with Crippen LogP contribution in [0.25, 0.3) is 0 Å². The van der Waals surface area contributed by atoms with Gasteiger partial charge in [-0.1, -0.05) is 26.7 Å². The Morgan fingerprint density at radius 3 is 1.43 bits per heavy atom. The largest absolute Gasteiger partial charge is 0.480 e. The number of nitrogens with zero attached hydrogens (tertiary/aromatic N) is 4. The van der Waals surface area contributed by atoms with Crippen molar-refractivity contribution in [2.24, 2.45) is 0 Å². The number of carboxylic acid groups (broad SMARTS) is 4. The smallest absolute Gasteiger partial charge is 0.317 e. The minimum atomic E-state index is -1.23. The number of carbonyl (C=O) groups excluding carboxylic acids is 3. The Labute approximate surface area is 246 Å². The summed E-state index contributed by atoms with van der Waals surface area (Å²) in [5.74, 6) is -5.94. The van der Waals surface area contributed by atoms with Crippen LogP contribution in [-0.2, 0) is 33.6 Å². The van der Waals surface area contributed by atoms with Crippen LogP contribution in [0.1, 0.15) is 41.0 Å². The maximum absolute atomic E-state index is 12.5. The Hall–Kier alpha value is -3.89. The summed E-state index contributed by atoms with van der Waals surface area (Å²) in [5, 5.41) is 38.9. The molecule has 1 rings (SSSR count). The summed E-state index contributed by atoms with van der Waals surface area (Å²) in [6.07, 6.45) is 5.21. The van der Waals surface area contributed by atoms with Gasteiger partial charge in [0.2, 0.25) is 5.91 Å². The number of imide groups is 1. The van der Waals surface area contributed by atoms with Crippen molar-refractivity contribution in [3.63, 3.8) is 0 Å². The zero-order valence-electron chi connectivity index (χ0n) is 24.2. The summed E-state index contributed by atoms with van der Waals surface area (Å²) in [6.45, 7) is 2.50. The van der Waals surface area contributed by atoms with Crippen LogP contribution in [0.4, 0.5) is 0 Å². The molecule has 1 aliphatic rings. The van der Waals surface area contributed by atoms with E-state index in [0.29, 0.717) is 25.9 Å². The first-order valence-corrected chi connectivity index (χ1v) is 13.7. The van der Waals surface area contributed by atoms with E-state index in [9.17, 15) is 33.6 Å². The van der Waals surface area contributed by atoms with Crippen LogP contribution >= 0.6 is 0 Å². The molecule has 0 spiro atoms. The van der Waals surface area contributed by atoms with Crippen LogP contribution in [0, 0.1) is 0 Å². The highest BCUT2D eigenvalue weighted by molar-refractivity contribution is 6.12. The van der Waals surface area contributed by atoms with Crippen LogP contribution in [0.3, 0.4) is 0 Å². The summed E-state index contributed by atoms with van der Waals surface area (Å²) in [7, 11) is 0. The van der Waals surface area contributed by atoms with E-state index in [1.165, 1.54) is 26.9 Å². The molecule has 0 aromatic rings. The average molecular weight is 604 g/mol. The number of rotatable bonds is 23. The molecule has 0 aromatic carbocycles. The minimum absolute atomic E-state index is 0. The number of unbranched alkanes of at least 4 members (excludes halogenated alkanes) is 3. The molecule has 1 heterocycles. The third kappa shape index (κ3) is 18.5. The van der Waals surface area contributed by atoms with E-state index in [-0.39, 0.29) is 51.9 Å². The fraction of sp³-hybridized carbons (Fsp3) is 0.654. The first kappa shape index (κ1) is 38.1. The number of nitrogens with one attached hydrogen (secondary N) is 1. The van der Waals surface area contributed by atoms with Crippen molar-refractivity contribution >= 4 is 41.6 Å². The number of aliphatic carboxylic acids is 4. The number of amides is 3. The fourth-order valence-corrected chi connectivity index (χ4v) is 3.92. The molecule has 1 aliphatic heterocycles. The number of carbonyl (C=O) groups is 7. The van der Waals surface area contributed by atoms with Gasteiger partial charge in [0.25, 0.3) is 11.8 Å². The van der Waals surface area contributed by atoms with Gasteiger partial charge >= 0.3 is 23.9 Å². The number of hydrogen-bond donors (Lipinski definition) is 5. The van der Waals surface area contributed by atoms with Crippen molar-refractivity contribution in [2.45, 2.75) is 39.5 Å². The maximum atomic E-state index is 12.5. The van der Waals surface area contributed by atoms with Gasteiger partial charge in [-0.3, -0.25) is 53.2 Å². The van der Waals surface area contributed by atoms with Gasteiger partial charge in [-0.25, -0.2) is 0 Å². The average Bonchev–Trinajstić information content (AvgIpc) is 3.21. The predicted octanol–water partition coefficient (Wildman–Crippen LogP) is -0.895. The van der Waals surface area contributed by atoms with Gasteiger partial charge < -0.3 is 25.7 Å². The second-order valence-corrected chi connectivity index (χ2v) is 9.20. The van der Waals surface area contributed by atoms with E-state index < -0.39 is 50.1 Å². The molecule has 0 aliphatic carbocycles. The summed E-state index contributed by atoms with van der Waals surface area (Å²) >= 11 is 0. The highest BCUT2D eigenvalue weighted by Gasteiger charge is 2.22. The van der Waals surface area contributed by atoms with Gasteiger partial charge in [0, 0.05) is 52.8 Å². The van der Waals surface area contributed by atoms with E-state index in [1.807, 2.05) is 13.8 Å². The quantitative estimate of drug-likeness (QED) is 0.0705. The lowest BCUT2D eigenvalue weighted by Gasteiger charge is -2.28. The van der Waals surface area contributed by atoms with Gasteiger partial charge in [0.05, 0.1) is 32.7 Å². The lowest BCUT2D eigenvalue weighted by Crippen LogP contribution is -2.47. The van der Waals surface area contributed by atoms with E-state index in [4.69, 9.17) is 20.4 Å². The highest BCUT2D eigenvalue weighted by atomic mass is 16.4. The molecule has 5 N–H and O–H groups in total. The Kier molecular flexibility index (Phi) is 19.8. The highest BCUT2D eigenvalue weighted by Crippen LogP contribution is 2.07. The molecule has 0 atom stereocenters. The number of hydrogen-bond acceptors (Lipinski definition) is 10. The van der Waals surface area contributed by atoms with Crippen molar-refractivity contribution in [1.82, 2.24) is 24.9 Å². The molecular formula is C26H45N5O11. The molecule has 0 saturated carbocycles. The normalized spacial score (nSPS) is 12.5. The number of carboxylic acids is 4. The maximum Gasteiger partial charge on any atom is 0.317 e. The molecule has 0 saturated heterocycles. The van der Waals surface area contributed by atoms with E-state index in [0.717, 1.165) is 12.8 Å². The van der Waals surface area contributed by atoms with Gasteiger partial charge in [0.1, 0.15) is 0 Å². The van der Waals surface area contributed by atoms with Gasteiger partial charge in [0.15, 0.2) is 0 Å². The molecule has 3 amide bonds. The van der Waals surface area contributed by atoms with E-state index in [2.05, 4.69) is 5.32 Å². The Balaban J connectivity index is 0. The summed E-state index contributed by atoms with van der Waals surface area (Å²) in [5.41, 5.74) is 0. The predicted molar refractivity (Wildman–Crippen MR) is 151 cm³/mol. The third-order valence-electron chi connectivity index (χ3n) is 5.80. The van der Waals surface area contributed by atoms with Crippen LogP contribution in [-0.4, -0.2) is 154 Å². The third-order valence-corrected chi connectivity index (χ3v) is 5.80. The zero-order valence-corrected chi connectivity index (χ0v) is 24.2. The fourth-order valence-electron chi connectivity index (χ4n) is 3.92. The first-order valence-electron chi connectivity index (χ1n) is 13.7. The zero-order chi connectivity index (χ0) is 32.1. The van der Waals surface area contributed by atoms with Crippen molar-refractivity contribution in [3.05, 3.63) is 12.2 Å². The summed E-state index contributed by atoms with van der Waals surface area (Å²) in [6, 6.07) is 0. The molecule has 42 heavy (non-hydrogen) atoms. The van der Waals surface area contributed by atoms with E-state index in [1.54, 1.807) is 4.90 Å². The van der Waals surface area contributed by atoms with Crippen LogP contribution in [0.15, 0.2) is 12.2 Å². The van der Waals surface area contributed by atoms with E-state index >= 15 is 0 Å². The van der Waals surface area contributed by atoms with Gasteiger partial charge in [-0.2, -0.15) is 0 Å². The van der Waals surface area contributed by atoms with Crippen molar-refractivity contribution in [3.8, 4) is 0 Å². The van der Waals surface area contributed by atoms with Crippen molar-refractivity contribution < 1.29 is 55.4 Å². The molecule has 0 aromatic heterocycles.